The van der Waals surface area contributed by atoms with Crippen LogP contribution in [0.4, 0.5) is 17.6 Å². The molecule has 1 saturated heterocycles. The highest BCUT2D eigenvalue weighted by atomic mass is 19.4. The summed E-state index contributed by atoms with van der Waals surface area (Å²) in [5.74, 6) is -3.36. The van der Waals surface area contributed by atoms with Gasteiger partial charge in [0.25, 0.3) is 5.91 Å². The maximum absolute atomic E-state index is 14.3. The van der Waals surface area contributed by atoms with Gasteiger partial charge >= 0.3 is 12.1 Å². The van der Waals surface area contributed by atoms with E-state index in [4.69, 9.17) is 4.74 Å². The first kappa shape index (κ1) is 17.3. The first-order valence-electron chi connectivity index (χ1n) is 7.33. The molecule has 1 aromatic heterocycles. The Hall–Kier alpha value is -2.49. The molecule has 1 aromatic carbocycles. The van der Waals surface area contributed by atoms with Crippen LogP contribution in [0.5, 0.6) is 0 Å². The average molecular weight is 359 g/mol. The fourth-order valence-electron chi connectivity index (χ4n) is 2.47. The summed E-state index contributed by atoms with van der Waals surface area (Å²) in [5.41, 5.74) is -0.224. The van der Waals surface area contributed by atoms with E-state index >= 15 is 0 Å². The molecule has 0 radical (unpaired) electrons. The molecule has 6 nitrogen and oxygen atoms in total. The normalized spacial score (nSPS) is 17.7. The number of ether oxygens (including phenoxy) is 1. The van der Waals surface area contributed by atoms with Crippen LogP contribution in [-0.2, 0) is 10.9 Å². The summed E-state index contributed by atoms with van der Waals surface area (Å²) in [4.78, 5) is 16.9. The minimum Gasteiger partial charge on any atom is -0.379 e. The molecule has 0 saturated carbocycles. The van der Waals surface area contributed by atoms with Crippen LogP contribution in [0.1, 0.15) is 22.7 Å². The molecule has 1 fully saturated rings. The van der Waals surface area contributed by atoms with Gasteiger partial charge in [0.1, 0.15) is 5.82 Å². The smallest absolute Gasteiger partial charge is 0.379 e. The van der Waals surface area contributed by atoms with E-state index < -0.39 is 29.6 Å². The van der Waals surface area contributed by atoms with Crippen molar-refractivity contribution in [3.63, 3.8) is 0 Å². The molecule has 3 rings (SSSR count). The van der Waals surface area contributed by atoms with Crippen molar-refractivity contribution in [1.29, 1.82) is 0 Å². The van der Waals surface area contributed by atoms with E-state index in [1.165, 1.54) is 17.0 Å². The van der Waals surface area contributed by atoms with Gasteiger partial charge in [-0.15, -0.1) is 0 Å². The van der Waals surface area contributed by atoms with Gasteiger partial charge in [0.2, 0.25) is 5.82 Å². The molecule has 1 amide bonds. The molecule has 2 heterocycles. The Balaban J connectivity index is 1.83. The average Bonchev–Trinajstić information content (AvgIpc) is 3.24. The Morgan fingerprint density at radius 2 is 2.12 bits per heavy atom. The molecule has 0 bridgehead atoms. The van der Waals surface area contributed by atoms with Crippen molar-refractivity contribution in [2.75, 3.05) is 20.3 Å². The van der Waals surface area contributed by atoms with E-state index in [1.807, 2.05) is 0 Å². The summed E-state index contributed by atoms with van der Waals surface area (Å²) in [5, 5.41) is 3.18. The SMILES string of the molecule is CN(C(=O)c1ccc(-c2noc(C(F)(F)F)n2)cc1F)C1CCOC1. The highest BCUT2D eigenvalue weighted by molar-refractivity contribution is 5.95. The second-order valence-corrected chi connectivity index (χ2v) is 5.55. The van der Waals surface area contributed by atoms with Gasteiger partial charge in [-0.25, -0.2) is 4.39 Å². The Labute approximate surface area is 139 Å². The number of likely N-dealkylation sites (N-methyl/N-ethyl adjacent to an activating group) is 1. The van der Waals surface area contributed by atoms with Crippen LogP contribution in [0.3, 0.4) is 0 Å². The third-order valence-electron chi connectivity index (χ3n) is 3.90. The number of benzene rings is 1. The van der Waals surface area contributed by atoms with Gasteiger partial charge < -0.3 is 14.2 Å². The Kier molecular flexibility index (Phi) is 4.46. The Morgan fingerprint density at radius 1 is 1.36 bits per heavy atom. The number of alkyl halides is 3. The number of rotatable bonds is 3. The third-order valence-corrected chi connectivity index (χ3v) is 3.90. The zero-order valence-electron chi connectivity index (χ0n) is 13.0. The van der Waals surface area contributed by atoms with Crippen molar-refractivity contribution in [2.45, 2.75) is 18.6 Å². The zero-order valence-corrected chi connectivity index (χ0v) is 13.0. The zero-order chi connectivity index (χ0) is 18.2. The number of aromatic nitrogens is 2. The quantitative estimate of drug-likeness (QED) is 0.789. The monoisotopic (exact) mass is 359 g/mol. The fourth-order valence-corrected chi connectivity index (χ4v) is 2.47. The lowest BCUT2D eigenvalue weighted by Crippen LogP contribution is -2.37. The van der Waals surface area contributed by atoms with Gasteiger partial charge in [-0.1, -0.05) is 11.2 Å². The summed E-state index contributed by atoms with van der Waals surface area (Å²) in [6.07, 6.45) is -4.13. The number of carbonyl (C=O) groups is 1. The lowest BCUT2D eigenvalue weighted by Gasteiger charge is -2.23. The number of carbonyl (C=O) groups excluding carboxylic acids is 1. The van der Waals surface area contributed by atoms with Gasteiger partial charge in [0.15, 0.2) is 0 Å². The molecule has 1 atom stereocenters. The van der Waals surface area contributed by atoms with Crippen molar-refractivity contribution in [2.24, 2.45) is 0 Å². The van der Waals surface area contributed by atoms with Crippen molar-refractivity contribution in [3.05, 3.63) is 35.5 Å². The van der Waals surface area contributed by atoms with Crippen molar-refractivity contribution in [1.82, 2.24) is 15.0 Å². The molecule has 10 heteroatoms. The summed E-state index contributed by atoms with van der Waals surface area (Å²) < 4.78 is 61.0. The lowest BCUT2D eigenvalue weighted by atomic mass is 10.1. The minimum absolute atomic E-state index is 0.0276. The fraction of sp³-hybridized carbons (Fsp3) is 0.400. The van der Waals surface area contributed by atoms with Gasteiger partial charge in [-0.05, 0) is 18.6 Å². The van der Waals surface area contributed by atoms with Gasteiger partial charge in [0.05, 0.1) is 18.2 Å². The van der Waals surface area contributed by atoms with Crippen LogP contribution in [0.25, 0.3) is 11.4 Å². The largest absolute Gasteiger partial charge is 0.471 e. The molecule has 1 aliphatic rings. The molecule has 0 N–H and O–H groups in total. The van der Waals surface area contributed by atoms with Crippen LogP contribution >= 0.6 is 0 Å². The molecule has 134 valence electrons. The maximum Gasteiger partial charge on any atom is 0.471 e. The molecular formula is C15H13F4N3O3. The van der Waals surface area contributed by atoms with E-state index in [1.54, 1.807) is 7.05 Å². The van der Waals surface area contributed by atoms with Crippen molar-refractivity contribution in [3.8, 4) is 11.4 Å². The topological polar surface area (TPSA) is 68.5 Å². The van der Waals surface area contributed by atoms with Crippen LogP contribution in [0.2, 0.25) is 0 Å². The molecule has 1 unspecified atom stereocenters. The maximum atomic E-state index is 14.3. The minimum atomic E-state index is -4.79. The van der Waals surface area contributed by atoms with E-state index in [0.717, 1.165) is 6.07 Å². The van der Waals surface area contributed by atoms with Crippen LogP contribution in [-0.4, -0.2) is 47.3 Å². The predicted molar refractivity (Wildman–Crippen MR) is 76.0 cm³/mol. The highest BCUT2D eigenvalue weighted by Crippen LogP contribution is 2.30. The molecule has 1 aliphatic heterocycles. The second kappa shape index (κ2) is 6.43. The third kappa shape index (κ3) is 3.48. The standard InChI is InChI=1S/C15H13F4N3O3/c1-22(9-4-5-24-7-9)13(23)10-3-2-8(6-11(10)16)12-20-14(25-21-12)15(17,18)19/h2-3,6,9H,4-5,7H2,1H3. The second-order valence-electron chi connectivity index (χ2n) is 5.55. The first-order chi connectivity index (χ1) is 11.8. The van der Waals surface area contributed by atoms with Gasteiger partial charge in [-0.2, -0.15) is 18.2 Å². The van der Waals surface area contributed by atoms with Crippen LogP contribution < -0.4 is 0 Å². The van der Waals surface area contributed by atoms with Crippen molar-refractivity contribution >= 4 is 5.91 Å². The summed E-state index contributed by atoms with van der Waals surface area (Å²) in [6, 6.07) is 3.21. The Morgan fingerprint density at radius 3 is 2.68 bits per heavy atom. The molecule has 0 aliphatic carbocycles. The summed E-state index contributed by atoms with van der Waals surface area (Å²) in [6.45, 7) is 0.911. The molecule has 2 aromatic rings. The van der Waals surface area contributed by atoms with Crippen molar-refractivity contribution < 1.29 is 31.6 Å². The lowest BCUT2D eigenvalue weighted by molar-refractivity contribution is -0.159. The number of hydrogen-bond donors (Lipinski definition) is 0. The summed E-state index contributed by atoms with van der Waals surface area (Å²) >= 11 is 0. The predicted octanol–water partition coefficient (Wildman–Crippen LogP) is 2.76. The highest BCUT2D eigenvalue weighted by Gasteiger charge is 2.38. The van der Waals surface area contributed by atoms with Gasteiger partial charge in [-0.3, -0.25) is 4.79 Å². The van der Waals surface area contributed by atoms with E-state index in [2.05, 4.69) is 14.7 Å². The molecule has 25 heavy (non-hydrogen) atoms. The van der Waals surface area contributed by atoms with Gasteiger partial charge in [0, 0.05) is 19.2 Å². The molecule has 0 spiro atoms. The number of halogens is 4. The Bertz CT molecular complexity index is 785. The first-order valence-corrected chi connectivity index (χ1v) is 7.33. The number of hydrogen-bond acceptors (Lipinski definition) is 5. The van der Waals surface area contributed by atoms with E-state index in [-0.39, 0.29) is 17.2 Å². The van der Waals surface area contributed by atoms with Crippen LogP contribution in [0, 0.1) is 5.82 Å². The summed E-state index contributed by atoms with van der Waals surface area (Å²) in [7, 11) is 1.55. The van der Waals surface area contributed by atoms with E-state index in [0.29, 0.717) is 19.6 Å². The number of amides is 1. The van der Waals surface area contributed by atoms with E-state index in [9.17, 15) is 22.4 Å². The number of nitrogens with zero attached hydrogens (tertiary/aromatic N) is 3. The molecular weight excluding hydrogens is 346 g/mol. The van der Waals surface area contributed by atoms with Crippen LogP contribution in [0.15, 0.2) is 22.7 Å².